The average Bonchev–Trinajstić information content (AvgIpc) is 3.41. The Hall–Kier alpha value is -3.04. The van der Waals surface area contributed by atoms with Crippen molar-refractivity contribution in [1.29, 1.82) is 0 Å². The minimum Gasteiger partial charge on any atom is -0.300 e. The van der Waals surface area contributed by atoms with Gasteiger partial charge < -0.3 is 4.57 Å². The van der Waals surface area contributed by atoms with E-state index >= 15 is 0 Å². The van der Waals surface area contributed by atoms with Gasteiger partial charge in [0.05, 0.1) is 24.0 Å². The predicted molar refractivity (Wildman–Crippen MR) is 121 cm³/mol. The summed E-state index contributed by atoms with van der Waals surface area (Å²) in [5.74, 6) is 2.33. The van der Waals surface area contributed by atoms with E-state index in [1.807, 2.05) is 36.4 Å². The highest BCUT2D eigenvalue weighted by Gasteiger charge is 2.22. The van der Waals surface area contributed by atoms with Gasteiger partial charge in [0.1, 0.15) is 0 Å². The van der Waals surface area contributed by atoms with Crippen LogP contribution in [-0.4, -0.2) is 54.0 Å². The monoisotopic (exact) mass is 434 g/mol. The molecule has 2 aromatic heterocycles. The quantitative estimate of drug-likeness (QED) is 0.372. The third-order valence-electron chi connectivity index (χ3n) is 5.10. The topological polar surface area (TPSA) is 77.5 Å². The van der Waals surface area contributed by atoms with E-state index in [1.165, 1.54) is 5.56 Å². The number of tetrazole rings is 1. The van der Waals surface area contributed by atoms with E-state index in [2.05, 4.69) is 80.5 Å². The summed E-state index contributed by atoms with van der Waals surface area (Å²) in [6, 6.07) is 20.5. The molecule has 0 unspecified atom stereocenters. The molecule has 4 aromatic rings. The van der Waals surface area contributed by atoms with Gasteiger partial charge in [0, 0.05) is 0 Å². The molecule has 0 saturated heterocycles. The van der Waals surface area contributed by atoms with E-state index in [0.717, 1.165) is 35.5 Å². The van der Waals surface area contributed by atoms with Crippen molar-refractivity contribution in [2.24, 2.45) is 0 Å². The molecule has 160 valence electrons. The zero-order valence-electron chi connectivity index (χ0n) is 18.0. The number of nitrogens with zero attached hydrogens (tertiary/aromatic N) is 8. The Kier molecular flexibility index (Phi) is 6.73. The van der Waals surface area contributed by atoms with E-state index in [1.54, 1.807) is 16.4 Å². The Morgan fingerprint density at radius 2 is 1.65 bits per heavy atom. The van der Waals surface area contributed by atoms with Crippen molar-refractivity contribution in [3.63, 3.8) is 0 Å². The predicted octanol–water partition coefficient (Wildman–Crippen LogP) is 3.61. The lowest BCUT2D eigenvalue weighted by molar-refractivity contribution is 0.272. The third-order valence-corrected chi connectivity index (χ3v) is 6.07. The second-order valence-electron chi connectivity index (χ2n) is 7.43. The number of thioether (sulfide) groups is 1. The Bertz CT molecular complexity index is 1090. The normalized spacial score (nSPS) is 12.4. The van der Waals surface area contributed by atoms with Crippen molar-refractivity contribution in [1.82, 2.24) is 39.9 Å². The van der Waals surface area contributed by atoms with Crippen LogP contribution in [0.25, 0.3) is 5.69 Å². The van der Waals surface area contributed by atoms with Crippen LogP contribution < -0.4 is 0 Å². The van der Waals surface area contributed by atoms with Gasteiger partial charge in [-0.05, 0) is 48.6 Å². The lowest BCUT2D eigenvalue weighted by atomic mass is 10.2. The van der Waals surface area contributed by atoms with Crippen molar-refractivity contribution < 1.29 is 0 Å². The second kappa shape index (κ2) is 9.84. The maximum Gasteiger partial charge on any atom is 0.192 e. The SMILES string of the molecule is CC[C@H](c1nnc(SCc2nnnn2-c2ccccc2)n1Cc1ccccc1)N(C)C. The van der Waals surface area contributed by atoms with Crippen LogP contribution in [-0.2, 0) is 12.3 Å². The van der Waals surface area contributed by atoms with Crippen LogP contribution >= 0.6 is 11.8 Å². The summed E-state index contributed by atoms with van der Waals surface area (Å²) in [6.45, 7) is 2.90. The molecule has 0 fully saturated rings. The van der Waals surface area contributed by atoms with Crippen molar-refractivity contribution in [3.8, 4) is 5.69 Å². The Morgan fingerprint density at radius 3 is 2.32 bits per heavy atom. The average molecular weight is 435 g/mol. The largest absolute Gasteiger partial charge is 0.300 e. The van der Waals surface area contributed by atoms with Gasteiger partial charge in [-0.1, -0.05) is 67.2 Å². The van der Waals surface area contributed by atoms with Crippen molar-refractivity contribution in [2.45, 2.75) is 36.8 Å². The zero-order valence-corrected chi connectivity index (χ0v) is 18.8. The summed E-state index contributed by atoms with van der Waals surface area (Å²) in [7, 11) is 4.16. The summed E-state index contributed by atoms with van der Waals surface area (Å²) >= 11 is 1.60. The summed E-state index contributed by atoms with van der Waals surface area (Å²) in [6.07, 6.45) is 0.955. The van der Waals surface area contributed by atoms with Gasteiger partial charge in [-0.15, -0.1) is 15.3 Å². The van der Waals surface area contributed by atoms with Crippen molar-refractivity contribution in [2.75, 3.05) is 14.1 Å². The molecule has 0 aliphatic rings. The molecule has 2 heterocycles. The highest BCUT2D eigenvalue weighted by molar-refractivity contribution is 7.98. The number of hydrogen-bond acceptors (Lipinski definition) is 7. The molecule has 0 spiro atoms. The number of hydrogen-bond donors (Lipinski definition) is 0. The molecular formula is C22H26N8S. The maximum atomic E-state index is 4.58. The van der Waals surface area contributed by atoms with Crippen LogP contribution in [0.4, 0.5) is 0 Å². The molecule has 1 atom stereocenters. The van der Waals surface area contributed by atoms with Crippen LogP contribution in [0.2, 0.25) is 0 Å². The molecule has 0 amide bonds. The first kappa shape index (κ1) is 21.2. The maximum absolute atomic E-state index is 4.58. The molecule has 9 heteroatoms. The van der Waals surface area contributed by atoms with Gasteiger partial charge in [0.25, 0.3) is 0 Å². The van der Waals surface area contributed by atoms with Crippen LogP contribution in [0.5, 0.6) is 0 Å². The Morgan fingerprint density at radius 1 is 0.935 bits per heavy atom. The Labute approximate surface area is 186 Å². The smallest absolute Gasteiger partial charge is 0.192 e. The number of rotatable bonds is 9. The fourth-order valence-corrected chi connectivity index (χ4v) is 4.39. The molecule has 8 nitrogen and oxygen atoms in total. The number of benzene rings is 2. The minimum absolute atomic E-state index is 0.195. The fourth-order valence-electron chi connectivity index (χ4n) is 3.54. The van der Waals surface area contributed by atoms with Gasteiger partial charge in [0.15, 0.2) is 16.8 Å². The summed E-state index contributed by atoms with van der Waals surface area (Å²) in [4.78, 5) is 2.19. The molecule has 31 heavy (non-hydrogen) atoms. The second-order valence-corrected chi connectivity index (χ2v) is 8.37. The van der Waals surface area contributed by atoms with Crippen molar-refractivity contribution in [3.05, 3.63) is 77.9 Å². The van der Waals surface area contributed by atoms with Crippen LogP contribution in [0.3, 0.4) is 0 Å². The van der Waals surface area contributed by atoms with E-state index in [0.29, 0.717) is 5.75 Å². The molecule has 2 aromatic carbocycles. The standard InChI is InChI=1S/C22H26N8S/c1-4-19(28(2)3)21-24-25-22(29(21)15-17-11-7-5-8-12-17)31-16-20-23-26-27-30(20)18-13-9-6-10-14-18/h5-14,19H,4,15-16H2,1-3H3/t19-/m1/s1. The van der Waals surface area contributed by atoms with Gasteiger partial charge in [0.2, 0.25) is 0 Å². The summed E-state index contributed by atoms with van der Waals surface area (Å²) in [5.41, 5.74) is 2.15. The lowest BCUT2D eigenvalue weighted by Gasteiger charge is -2.23. The van der Waals surface area contributed by atoms with E-state index in [-0.39, 0.29) is 6.04 Å². The molecule has 0 N–H and O–H groups in total. The zero-order chi connectivity index (χ0) is 21.6. The first-order valence-corrected chi connectivity index (χ1v) is 11.2. The molecular weight excluding hydrogens is 408 g/mol. The van der Waals surface area contributed by atoms with Gasteiger partial charge in [-0.3, -0.25) is 4.90 Å². The van der Waals surface area contributed by atoms with E-state index in [9.17, 15) is 0 Å². The van der Waals surface area contributed by atoms with Crippen LogP contribution in [0, 0.1) is 0 Å². The summed E-state index contributed by atoms with van der Waals surface area (Å²) in [5, 5.41) is 22.2. The van der Waals surface area contributed by atoms with Crippen LogP contribution in [0.15, 0.2) is 65.8 Å². The lowest BCUT2D eigenvalue weighted by Crippen LogP contribution is -2.23. The van der Waals surface area contributed by atoms with Crippen LogP contribution in [0.1, 0.15) is 36.6 Å². The molecule has 0 saturated carbocycles. The number of aromatic nitrogens is 7. The summed E-state index contributed by atoms with van der Waals surface area (Å²) < 4.78 is 3.98. The highest BCUT2D eigenvalue weighted by Crippen LogP contribution is 2.28. The number of para-hydroxylation sites is 1. The van der Waals surface area contributed by atoms with Gasteiger partial charge in [-0.2, -0.15) is 4.68 Å². The molecule has 4 rings (SSSR count). The van der Waals surface area contributed by atoms with E-state index in [4.69, 9.17) is 0 Å². The third kappa shape index (κ3) is 4.83. The molecule has 0 radical (unpaired) electrons. The fraction of sp³-hybridized carbons (Fsp3) is 0.318. The van der Waals surface area contributed by atoms with Crippen molar-refractivity contribution >= 4 is 11.8 Å². The first-order chi connectivity index (χ1) is 15.2. The van der Waals surface area contributed by atoms with E-state index < -0.39 is 0 Å². The molecule has 0 bridgehead atoms. The van der Waals surface area contributed by atoms with Gasteiger partial charge in [-0.25, -0.2) is 0 Å². The Balaban J connectivity index is 1.61. The van der Waals surface area contributed by atoms with Gasteiger partial charge >= 0.3 is 0 Å². The highest BCUT2D eigenvalue weighted by atomic mass is 32.2. The molecule has 0 aliphatic heterocycles. The first-order valence-electron chi connectivity index (χ1n) is 10.3. The minimum atomic E-state index is 0.195. The molecule has 0 aliphatic carbocycles.